The quantitative estimate of drug-likeness (QED) is 0.647. The monoisotopic (exact) mass is 322 g/mol. The average molecular weight is 322 g/mol. The molecule has 0 saturated carbocycles. The van der Waals surface area contributed by atoms with Crippen LogP contribution in [0, 0.1) is 10.1 Å². The lowest BCUT2D eigenvalue weighted by Gasteiger charge is -2.05. The Balaban J connectivity index is 1.85. The minimum atomic E-state index is -0.502. The molecule has 9 heteroatoms. The van der Waals surface area contributed by atoms with Crippen LogP contribution >= 0.6 is 11.3 Å². The van der Waals surface area contributed by atoms with E-state index in [1.165, 1.54) is 35.6 Å². The van der Waals surface area contributed by atoms with E-state index in [9.17, 15) is 14.9 Å². The number of aromatic nitrogens is 2. The molecule has 1 heterocycles. The molecule has 0 aliphatic heterocycles. The molecule has 0 unspecified atom stereocenters. The minimum absolute atomic E-state index is 0.0353. The molecule has 8 nitrogen and oxygen atoms in total. The Labute approximate surface area is 130 Å². The maximum Gasteiger partial charge on any atom is 0.269 e. The van der Waals surface area contributed by atoms with Gasteiger partial charge in [0, 0.05) is 18.1 Å². The third-order valence-corrected chi connectivity index (χ3v) is 3.74. The highest BCUT2D eigenvalue weighted by Gasteiger charge is 2.11. The molecule has 1 amide bonds. The van der Waals surface area contributed by atoms with Crippen molar-refractivity contribution in [2.75, 3.05) is 11.9 Å². The van der Waals surface area contributed by atoms with Crippen LogP contribution in [0.3, 0.4) is 0 Å². The first-order chi connectivity index (χ1) is 10.5. The molecule has 1 aromatic heterocycles. The maximum atomic E-state index is 11.7. The fraction of sp³-hybridized carbons (Fsp3) is 0.308. The van der Waals surface area contributed by atoms with E-state index in [4.69, 9.17) is 4.74 Å². The van der Waals surface area contributed by atoms with Gasteiger partial charge in [-0.1, -0.05) is 25.2 Å². The van der Waals surface area contributed by atoms with Crippen LogP contribution in [0.5, 0.6) is 5.75 Å². The summed E-state index contributed by atoms with van der Waals surface area (Å²) in [5.41, 5.74) is -0.0353. The first-order valence-corrected chi connectivity index (χ1v) is 7.28. The van der Waals surface area contributed by atoms with E-state index in [0.29, 0.717) is 10.9 Å². The van der Waals surface area contributed by atoms with Crippen molar-refractivity contribution in [3.63, 3.8) is 0 Å². The number of hydrogen-bond acceptors (Lipinski definition) is 7. The van der Waals surface area contributed by atoms with Gasteiger partial charge < -0.3 is 4.74 Å². The molecule has 2 rings (SSSR count). The number of rotatable bonds is 6. The van der Waals surface area contributed by atoms with Crippen LogP contribution in [0.25, 0.3) is 0 Å². The maximum absolute atomic E-state index is 11.7. The predicted molar refractivity (Wildman–Crippen MR) is 81.2 cm³/mol. The summed E-state index contributed by atoms with van der Waals surface area (Å²) in [6.07, 6.45) is 0. The predicted octanol–water partition coefficient (Wildman–Crippen LogP) is 2.59. The summed E-state index contributed by atoms with van der Waals surface area (Å²) in [5, 5.41) is 22.2. The number of amides is 1. The van der Waals surface area contributed by atoms with Gasteiger partial charge in [-0.15, -0.1) is 10.2 Å². The van der Waals surface area contributed by atoms with Gasteiger partial charge in [-0.05, 0) is 12.1 Å². The van der Waals surface area contributed by atoms with Crippen molar-refractivity contribution in [2.24, 2.45) is 0 Å². The number of benzene rings is 1. The molecule has 1 aromatic carbocycles. The summed E-state index contributed by atoms with van der Waals surface area (Å²) in [4.78, 5) is 21.8. The lowest BCUT2D eigenvalue weighted by molar-refractivity contribution is -0.384. The van der Waals surface area contributed by atoms with Crippen LogP contribution in [0.2, 0.25) is 0 Å². The van der Waals surface area contributed by atoms with Gasteiger partial charge in [0.25, 0.3) is 11.6 Å². The number of nitrogens with one attached hydrogen (secondary N) is 1. The Bertz CT molecular complexity index is 669. The third kappa shape index (κ3) is 4.22. The van der Waals surface area contributed by atoms with Crippen molar-refractivity contribution in [2.45, 2.75) is 19.8 Å². The molecule has 0 fully saturated rings. The molecule has 0 radical (unpaired) electrons. The Morgan fingerprint density at radius 3 is 2.59 bits per heavy atom. The Kier molecular flexibility index (Phi) is 4.99. The van der Waals surface area contributed by atoms with E-state index < -0.39 is 4.92 Å². The molecule has 22 heavy (non-hydrogen) atoms. The fourth-order valence-corrected chi connectivity index (χ4v) is 2.25. The summed E-state index contributed by atoms with van der Waals surface area (Å²) in [5.74, 6) is 0.255. The summed E-state index contributed by atoms with van der Waals surface area (Å²) in [7, 11) is 0. The van der Waals surface area contributed by atoms with E-state index in [0.717, 1.165) is 5.01 Å². The molecular formula is C13H14N4O4S. The van der Waals surface area contributed by atoms with Gasteiger partial charge in [0.1, 0.15) is 10.8 Å². The van der Waals surface area contributed by atoms with Gasteiger partial charge in [0.05, 0.1) is 4.92 Å². The van der Waals surface area contributed by atoms with Crippen LogP contribution in [-0.2, 0) is 4.79 Å². The highest BCUT2D eigenvalue weighted by Crippen LogP contribution is 2.22. The van der Waals surface area contributed by atoms with Gasteiger partial charge in [0.15, 0.2) is 6.61 Å². The molecule has 0 bridgehead atoms. The third-order valence-electron chi connectivity index (χ3n) is 2.60. The Hall–Kier alpha value is -2.55. The van der Waals surface area contributed by atoms with Crippen molar-refractivity contribution in [3.8, 4) is 5.75 Å². The summed E-state index contributed by atoms with van der Waals surface area (Å²) >= 11 is 1.31. The Morgan fingerprint density at radius 1 is 1.36 bits per heavy atom. The van der Waals surface area contributed by atoms with Gasteiger partial charge in [-0.2, -0.15) is 0 Å². The van der Waals surface area contributed by atoms with Gasteiger partial charge in [-0.3, -0.25) is 20.2 Å². The second-order valence-corrected chi connectivity index (χ2v) is 5.70. The minimum Gasteiger partial charge on any atom is -0.484 e. The second-order valence-electron chi connectivity index (χ2n) is 4.69. The molecular weight excluding hydrogens is 308 g/mol. The topological polar surface area (TPSA) is 107 Å². The molecule has 2 aromatic rings. The van der Waals surface area contributed by atoms with Crippen molar-refractivity contribution in [1.82, 2.24) is 10.2 Å². The normalized spacial score (nSPS) is 10.5. The summed E-state index contributed by atoms with van der Waals surface area (Å²) < 4.78 is 5.25. The number of nitro benzene ring substituents is 1. The number of ether oxygens (including phenoxy) is 1. The zero-order valence-corrected chi connectivity index (χ0v) is 12.8. The number of anilines is 1. The number of carbonyl (C=O) groups excluding carboxylic acids is 1. The van der Waals surface area contributed by atoms with Crippen molar-refractivity contribution in [1.29, 1.82) is 0 Å². The molecule has 1 N–H and O–H groups in total. The van der Waals surface area contributed by atoms with E-state index in [1.807, 2.05) is 13.8 Å². The van der Waals surface area contributed by atoms with Crippen LogP contribution in [-0.4, -0.2) is 27.6 Å². The highest BCUT2D eigenvalue weighted by molar-refractivity contribution is 7.15. The van der Waals surface area contributed by atoms with Gasteiger partial charge in [-0.25, -0.2) is 0 Å². The first kappa shape index (κ1) is 15.8. The van der Waals surface area contributed by atoms with Crippen LogP contribution in [0.15, 0.2) is 24.3 Å². The van der Waals surface area contributed by atoms with E-state index in [2.05, 4.69) is 15.5 Å². The van der Waals surface area contributed by atoms with E-state index in [1.54, 1.807) is 0 Å². The fourth-order valence-electron chi connectivity index (χ4n) is 1.49. The molecule has 116 valence electrons. The van der Waals surface area contributed by atoms with Gasteiger partial charge >= 0.3 is 0 Å². The molecule has 0 aliphatic carbocycles. The van der Waals surface area contributed by atoms with Crippen LogP contribution < -0.4 is 10.1 Å². The van der Waals surface area contributed by atoms with Gasteiger partial charge in [0.2, 0.25) is 5.13 Å². The SMILES string of the molecule is CC(C)c1nnc(NC(=O)COc2ccc([N+](=O)[O-])cc2)s1. The van der Waals surface area contributed by atoms with Crippen LogP contribution in [0.1, 0.15) is 24.8 Å². The number of hydrogen-bond donors (Lipinski definition) is 1. The number of nitrogens with zero attached hydrogens (tertiary/aromatic N) is 3. The Morgan fingerprint density at radius 2 is 2.05 bits per heavy atom. The zero-order valence-electron chi connectivity index (χ0n) is 12.0. The lowest BCUT2D eigenvalue weighted by atomic mass is 10.2. The zero-order chi connectivity index (χ0) is 16.1. The van der Waals surface area contributed by atoms with Crippen molar-refractivity contribution < 1.29 is 14.5 Å². The van der Waals surface area contributed by atoms with Crippen LogP contribution in [0.4, 0.5) is 10.8 Å². The van der Waals surface area contributed by atoms with Crippen molar-refractivity contribution in [3.05, 3.63) is 39.4 Å². The number of non-ortho nitro benzene ring substituents is 1. The first-order valence-electron chi connectivity index (χ1n) is 6.46. The molecule has 0 aliphatic rings. The van der Waals surface area contributed by atoms with Crippen molar-refractivity contribution >= 4 is 28.1 Å². The summed E-state index contributed by atoms with van der Waals surface area (Å²) in [6.45, 7) is 3.77. The summed E-state index contributed by atoms with van der Waals surface area (Å²) in [6, 6.07) is 5.50. The molecule has 0 spiro atoms. The smallest absolute Gasteiger partial charge is 0.269 e. The molecule has 0 saturated heterocycles. The highest BCUT2D eigenvalue weighted by atomic mass is 32.1. The molecule has 0 atom stereocenters. The standard InChI is InChI=1S/C13H14N4O4S/c1-8(2)12-15-16-13(22-12)14-11(18)7-21-10-5-3-9(4-6-10)17(19)20/h3-6,8H,7H2,1-2H3,(H,14,16,18). The number of carbonyl (C=O) groups is 1. The lowest BCUT2D eigenvalue weighted by Crippen LogP contribution is -2.20. The second kappa shape index (κ2) is 6.94. The van der Waals surface area contributed by atoms with E-state index in [-0.39, 0.29) is 24.1 Å². The average Bonchev–Trinajstić information content (AvgIpc) is 2.94. The number of nitro groups is 1. The largest absolute Gasteiger partial charge is 0.484 e. The van der Waals surface area contributed by atoms with E-state index >= 15 is 0 Å².